The standard InChI is InChI=1S/C15H16N4/c1-2-19-14-6-4-3-5-13(14)18-15(19)17-12-9-7-11(16)8-10-12/h3-10H,2,16H2,1H3,(H,17,18). The Kier molecular flexibility index (Phi) is 2.83. The molecular weight excluding hydrogens is 236 g/mol. The maximum Gasteiger partial charge on any atom is 0.208 e. The van der Waals surface area contributed by atoms with Crippen LogP contribution in [0.25, 0.3) is 11.0 Å². The molecule has 1 heterocycles. The van der Waals surface area contributed by atoms with E-state index in [0.29, 0.717) is 0 Å². The molecule has 0 unspecified atom stereocenters. The average molecular weight is 252 g/mol. The van der Waals surface area contributed by atoms with Crippen LogP contribution in [0.1, 0.15) is 6.92 Å². The van der Waals surface area contributed by atoms with Gasteiger partial charge in [-0.2, -0.15) is 0 Å². The maximum atomic E-state index is 5.69. The second kappa shape index (κ2) is 4.65. The lowest BCUT2D eigenvalue weighted by molar-refractivity contribution is 0.797. The highest BCUT2D eigenvalue weighted by Crippen LogP contribution is 2.23. The summed E-state index contributed by atoms with van der Waals surface area (Å²) in [5.41, 5.74) is 9.58. The van der Waals surface area contributed by atoms with Crippen LogP contribution in [0.3, 0.4) is 0 Å². The fourth-order valence-corrected chi connectivity index (χ4v) is 2.19. The Morgan fingerprint density at radius 1 is 1.11 bits per heavy atom. The number of nitrogens with zero attached hydrogens (tertiary/aromatic N) is 2. The first-order valence-corrected chi connectivity index (χ1v) is 6.36. The second-order valence-corrected chi connectivity index (χ2v) is 4.42. The zero-order valence-corrected chi connectivity index (χ0v) is 10.8. The van der Waals surface area contributed by atoms with E-state index >= 15 is 0 Å². The Morgan fingerprint density at radius 2 is 1.84 bits per heavy atom. The summed E-state index contributed by atoms with van der Waals surface area (Å²) in [5.74, 6) is 0.855. The van der Waals surface area contributed by atoms with E-state index in [1.807, 2.05) is 42.5 Å². The molecule has 0 bridgehead atoms. The number of aromatic nitrogens is 2. The number of anilines is 3. The van der Waals surface area contributed by atoms with Crippen LogP contribution in [0, 0.1) is 0 Å². The zero-order valence-electron chi connectivity index (χ0n) is 10.8. The number of nitrogens with two attached hydrogens (primary N) is 1. The van der Waals surface area contributed by atoms with Gasteiger partial charge in [-0.15, -0.1) is 0 Å². The van der Waals surface area contributed by atoms with E-state index in [-0.39, 0.29) is 0 Å². The molecular formula is C15H16N4. The number of benzene rings is 2. The van der Waals surface area contributed by atoms with Crippen LogP contribution in [0.5, 0.6) is 0 Å². The van der Waals surface area contributed by atoms with Crippen molar-refractivity contribution in [1.82, 2.24) is 9.55 Å². The number of fused-ring (bicyclic) bond motifs is 1. The minimum Gasteiger partial charge on any atom is -0.399 e. The van der Waals surface area contributed by atoms with Gasteiger partial charge in [-0.3, -0.25) is 0 Å². The minimum atomic E-state index is 0.759. The Hall–Kier alpha value is -2.49. The summed E-state index contributed by atoms with van der Waals surface area (Å²) in [6.45, 7) is 2.99. The van der Waals surface area contributed by atoms with E-state index in [1.54, 1.807) is 0 Å². The molecule has 19 heavy (non-hydrogen) atoms. The Morgan fingerprint density at radius 3 is 2.58 bits per heavy atom. The first-order valence-electron chi connectivity index (χ1n) is 6.36. The second-order valence-electron chi connectivity index (χ2n) is 4.42. The molecule has 0 saturated heterocycles. The lowest BCUT2D eigenvalue weighted by Crippen LogP contribution is -2.02. The van der Waals surface area contributed by atoms with Crippen LogP contribution < -0.4 is 11.1 Å². The van der Waals surface area contributed by atoms with Crippen LogP contribution >= 0.6 is 0 Å². The van der Waals surface area contributed by atoms with E-state index < -0.39 is 0 Å². The summed E-state index contributed by atoms with van der Waals surface area (Å²) in [4.78, 5) is 4.62. The average Bonchev–Trinajstić information content (AvgIpc) is 2.78. The predicted molar refractivity (Wildman–Crippen MR) is 79.5 cm³/mol. The lowest BCUT2D eigenvalue weighted by Gasteiger charge is -2.08. The highest BCUT2D eigenvalue weighted by Gasteiger charge is 2.08. The van der Waals surface area contributed by atoms with Crippen LogP contribution in [0.2, 0.25) is 0 Å². The summed E-state index contributed by atoms with van der Waals surface area (Å²) < 4.78 is 2.16. The Balaban J connectivity index is 2.02. The number of rotatable bonds is 3. The molecule has 0 atom stereocenters. The molecule has 4 heteroatoms. The molecule has 0 aliphatic heterocycles. The molecule has 0 aliphatic rings. The Bertz CT molecular complexity index is 698. The van der Waals surface area contributed by atoms with E-state index in [0.717, 1.165) is 34.9 Å². The largest absolute Gasteiger partial charge is 0.399 e. The third kappa shape index (κ3) is 2.12. The molecule has 4 nitrogen and oxygen atoms in total. The first kappa shape index (κ1) is 11.6. The molecule has 0 amide bonds. The fraction of sp³-hybridized carbons (Fsp3) is 0.133. The zero-order chi connectivity index (χ0) is 13.2. The van der Waals surface area contributed by atoms with Crippen LogP contribution in [-0.4, -0.2) is 9.55 Å². The fourth-order valence-electron chi connectivity index (χ4n) is 2.19. The van der Waals surface area contributed by atoms with Gasteiger partial charge in [0.2, 0.25) is 5.95 Å². The molecule has 0 spiro atoms. The molecule has 1 aromatic heterocycles. The van der Waals surface area contributed by atoms with Crippen molar-refractivity contribution in [3.63, 3.8) is 0 Å². The van der Waals surface area contributed by atoms with Gasteiger partial charge in [-0.1, -0.05) is 12.1 Å². The van der Waals surface area contributed by atoms with Gasteiger partial charge in [0.25, 0.3) is 0 Å². The third-order valence-corrected chi connectivity index (χ3v) is 3.14. The van der Waals surface area contributed by atoms with Crippen molar-refractivity contribution in [1.29, 1.82) is 0 Å². The number of para-hydroxylation sites is 2. The molecule has 0 fully saturated rings. The highest BCUT2D eigenvalue weighted by atomic mass is 15.2. The smallest absolute Gasteiger partial charge is 0.208 e. The van der Waals surface area contributed by atoms with Crippen molar-refractivity contribution in [2.24, 2.45) is 0 Å². The molecule has 0 radical (unpaired) electrons. The van der Waals surface area contributed by atoms with Gasteiger partial charge in [0.1, 0.15) is 0 Å². The number of imidazole rings is 1. The van der Waals surface area contributed by atoms with Crippen molar-refractivity contribution in [3.05, 3.63) is 48.5 Å². The highest BCUT2D eigenvalue weighted by molar-refractivity contribution is 5.79. The van der Waals surface area contributed by atoms with Gasteiger partial charge < -0.3 is 15.6 Å². The molecule has 96 valence electrons. The summed E-state index contributed by atoms with van der Waals surface area (Å²) in [7, 11) is 0. The molecule has 0 saturated carbocycles. The van der Waals surface area contributed by atoms with Gasteiger partial charge in [-0.25, -0.2) is 4.98 Å². The van der Waals surface area contributed by atoms with E-state index in [2.05, 4.69) is 27.9 Å². The summed E-state index contributed by atoms with van der Waals surface area (Å²) in [6.07, 6.45) is 0. The van der Waals surface area contributed by atoms with Gasteiger partial charge in [0.05, 0.1) is 11.0 Å². The SMILES string of the molecule is CCn1c(Nc2ccc(N)cc2)nc2ccccc21. The van der Waals surface area contributed by atoms with Crippen molar-refractivity contribution in [2.45, 2.75) is 13.5 Å². The maximum absolute atomic E-state index is 5.69. The normalized spacial score (nSPS) is 10.8. The van der Waals surface area contributed by atoms with Gasteiger partial charge in [0, 0.05) is 17.9 Å². The molecule has 3 rings (SSSR count). The van der Waals surface area contributed by atoms with Gasteiger partial charge in [-0.05, 0) is 43.3 Å². The van der Waals surface area contributed by atoms with Crippen LogP contribution in [-0.2, 0) is 6.54 Å². The molecule has 2 aromatic carbocycles. The monoisotopic (exact) mass is 252 g/mol. The lowest BCUT2D eigenvalue weighted by atomic mass is 10.3. The van der Waals surface area contributed by atoms with Crippen molar-refractivity contribution in [2.75, 3.05) is 11.1 Å². The van der Waals surface area contributed by atoms with Crippen molar-refractivity contribution in [3.8, 4) is 0 Å². The molecule has 0 aliphatic carbocycles. The Labute approximate surface area is 111 Å². The first-order chi connectivity index (χ1) is 9.28. The van der Waals surface area contributed by atoms with E-state index in [9.17, 15) is 0 Å². The van der Waals surface area contributed by atoms with Crippen molar-refractivity contribution >= 4 is 28.4 Å². The molecule has 3 aromatic rings. The van der Waals surface area contributed by atoms with Gasteiger partial charge in [0.15, 0.2) is 0 Å². The number of aryl methyl sites for hydroxylation is 1. The minimum absolute atomic E-state index is 0.759. The van der Waals surface area contributed by atoms with E-state index in [4.69, 9.17) is 5.73 Å². The molecule has 3 N–H and O–H groups in total. The predicted octanol–water partition coefficient (Wildman–Crippen LogP) is 3.38. The number of nitrogen functional groups attached to an aromatic ring is 1. The van der Waals surface area contributed by atoms with Gasteiger partial charge >= 0.3 is 0 Å². The number of hydrogen-bond donors (Lipinski definition) is 2. The van der Waals surface area contributed by atoms with Crippen LogP contribution in [0.15, 0.2) is 48.5 Å². The van der Waals surface area contributed by atoms with E-state index in [1.165, 1.54) is 0 Å². The quantitative estimate of drug-likeness (QED) is 0.702. The topological polar surface area (TPSA) is 55.9 Å². The number of nitrogens with one attached hydrogen (secondary N) is 1. The van der Waals surface area contributed by atoms with Crippen LogP contribution in [0.4, 0.5) is 17.3 Å². The summed E-state index contributed by atoms with van der Waals surface area (Å²) in [5, 5.41) is 3.34. The van der Waals surface area contributed by atoms with Crippen molar-refractivity contribution < 1.29 is 0 Å². The third-order valence-electron chi connectivity index (χ3n) is 3.14. The summed E-state index contributed by atoms with van der Waals surface area (Å²) in [6, 6.07) is 15.8. The summed E-state index contributed by atoms with van der Waals surface area (Å²) >= 11 is 0. The number of hydrogen-bond acceptors (Lipinski definition) is 3.